The van der Waals surface area contributed by atoms with Gasteiger partial charge in [-0.25, -0.2) is 0 Å². The van der Waals surface area contributed by atoms with E-state index in [1.165, 1.54) is 0 Å². The van der Waals surface area contributed by atoms with Crippen LogP contribution in [0.1, 0.15) is 32.0 Å². The van der Waals surface area contributed by atoms with E-state index in [0.29, 0.717) is 18.7 Å². The van der Waals surface area contributed by atoms with Crippen LogP contribution in [0.2, 0.25) is 0 Å². The number of rotatable bonds is 0. The number of carbonyl (C=O) groups is 1. The van der Waals surface area contributed by atoms with Crippen LogP contribution in [0.15, 0.2) is 4.79 Å². The second-order valence-electron chi connectivity index (χ2n) is 5.26. The number of H-pyrrole nitrogens is 2. The van der Waals surface area contributed by atoms with Crippen molar-refractivity contribution in [3.05, 3.63) is 21.6 Å². The summed E-state index contributed by atoms with van der Waals surface area (Å²) in [6.07, 6.45) is 0.718. The molecule has 0 unspecified atom stereocenters. The summed E-state index contributed by atoms with van der Waals surface area (Å²) in [6, 6.07) is 0. The zero-order valence-electron chi connectivity index (χ0n) is 9.89. The molecule has 0 fully saturated rings. The van der Waals surface area contributed by atoms with Crippen LogP contribution in [-0.4, -0.2) is 27.5 Å². The quantitative estimate of drug-likeness (QED) is 0.677. The van der Waals surface area contributed by atoms with Gasteiger partial charge in [0, 0.05) is 24.1 Å². The average molecular weight is 223 g/mol. The Labute approximate surface area is 93.8 Å². The lowest BCUT2D eigenvalue weighted by Crippen LogP contribution is -2.43. The first-order valence-electron chi connectivity index (χ1n) is 5.47. The third-order valence-electron chi connectivity index (χ3n) is 2.87. The Morgan fingerprint density at radius 2 is 2.00 bits per heavy atom. The Balaban J connectivity index is 2.23. The van der Waals surface area contributed by atoms with Gasteiger partial charge in [-0.3, -0.25) is 14.7 Å². The molecule has 0 radical (unpaired) electrons. The number of hydrogen-bond donors (Lipinski definition) is 2. The molecule has 0 saturated heterocycles. The van der Waals surface area contributed by atoms with E-state index in [0.717, 1.165) is 12.1 Å². The van der Waals surface area contributed by atoms with Crippen molar-refractivity contribution in [3.63, 3.8) is 0 Å². The van der Waals surface area contributed by atoms with Gasteiger partial charge in [0.2, 0.25) is 5.91 Å². The fraction of sp³-hybridized carbons (Fsp3) is 0.636. The zero-order chi connectivity index (χ0) is 11.9. The topological polar surface area (TPSA) is 69.0 Å². The van der Waals surface area contributed by atoms with E-state index >= 15 is 0 Å². The van der Waals surface area contributed by atoms with Crippen LogP contribution in [0.4, 0.5) is 0 Å². The fourth-order valence-electron chi connectivity index (χ4n) is 1.97. The van der Waals surface area contributed by atoms with E-state index in [2.05, 4.69) is 10.2 Å². The number of carbonyl (C=O) groups excluding carboxylic acids is 1. The number of nitrogens with one attached hydrogen (secondary N) is 2. The number of fused-ring (bicyclic) bond motifs is 1. The third kappa shape index (κ3) is 1.77. The molecule has 0 bridgehead atoms. The number of aromatic amines is 2. The Morgan fingerprint density at radius 1 is 1.31 bits per heavy atom. The fourth-order valence-corrected chi connectivity index (χ4v) is 1.97. The molecule has 88 valence electrons. The molecule has 0 spiro atoms. The summed E-state index contributed by atoms with van der Waals surface area (Å²) >= 11 is 0. The van der Waals surface area contributed by atoms with Crippen LogP contribution < -0.4 is 5.56 Å². The highest BCUT2D eigenvalue weighted by Crippen LogP contribution is 2.21. The van der Waals surface area contributed by atoms with Gasteiger partial charge in [-0.15, -0.1) is 0 Å². The summed E-state index contributed by atoms with van der Waals surface area (Å²) in [6.45, 7) is 6.78. The third-order valence-corrected chi connectivity index (χ3v) is 2.87. The SMILES string of the molecule is CC(C)(C)C(=O)N1CCc2[nH][nH]c(=O)c2C1. The molecule has 5 heteroatoms. The maximum absolute atomic E-state index is 12.1. The van der Waals surface area contributed by atoms with Crippen molar-refractivity contribution < 1.29 is 4.79 Å². The minimum absolute atomic E-state index is 0.0961. The van der Waals surface area contributed by atoms with Gasteiger partial charge in [0.05, 0.1) is 12.1 Å². The van der Waals surface area contributed by atoms with Crippen LogP contribution in [0.3, 0.4) is 0 Å². The molecule has 2 heterocycles. The molecule has 1 aliphatic rings. The predicted molar refractivity (Wildman–Crippen MR) is 60.0 cm³/mol. The van der Waals surface area contributed by atoms with E-state index in [1.807, 2.05) is 20.8 Å². The molecule has 1 aliphatic heterocycles. The monoisotopic (exact) mass is 223 g/mol. The highest BCUT2D eigenvalue weighted by molar-refractivity contribution is 5.81. The van der Waals surface area contributed by atoms with E-state index in [-0.39, 0.29) is 16.9 Å². The van der Waals surface area contributed by atoms with Crippen molar-refractivity contribution in [3.8, 4) is 0 Å². The molecule has 5 nitrogen and oxygen atoms in total. The van der Waals surface area contributed by atoms with Crippen molar-refractivity contribution in [2.45, 2.75) is 33.7 Å². The van der Waals surface area contributed by atoms with Crippen molar-refractivity contribution in [2.75, 3.05) is 6.54 Å². The number of nitrogens with zero attached hydrogens (tertiary/aromatic N) is 1. The standard InChI is InChI=1S/C11H17N3O2/c1-11(2,3)10(16)14-5-4-8-7(6-14)9(15)13-12-8/h4-6H2,1-3H3,(H2,12,13,15). The highest BCUT2D eigenvalue weighted by atomic mass is 16.2. The van der Waals surface area contributed by atoms with Crippen LogP contribution in [0.25, 0.3) is 0 Å². The molecule has 1 amide bonds. The molecule has 1 aromatic heterocycles. The highest BCUT2D eigenvalue weighted by Gasteiger charge is 2.30. The van der Waals surface area contributed by atoms with Crippen LogP contribution in [0, 0.1) is 5.41 Å². The minimum Gasteiger partial charge on any atom is -0.337 e. The van der Waals surface area contributed by atoms with Crippen LogP contribution in [-0.2, 0) is 17.8 Å². The van der Waals surface area contributed by atoms with Gasteiger partial charge in [-0.05, 0) is 0 Å². The largest absolute Gasteiger partial charge is 0.337 e. The maximum atomic E-state index is 12.1. The summed E-state index contributed by atoms with van der Waals surface area (Å²) in [4.78, 5) is 25.3. The number of hydrogen-bond acceptors (Lipinski definition) is 2. The van der Waals surface area contributed by atoms with Gasteiger partial charge in [0.1, 0.15) is 0 Å². The first kappa shape index (κ1) is 11.0. The minimum atomic E-state index is -0.388. The summed E-state index contributed by atoms with van der Waals surface area (Å²) in [5, 5.41) is 5.41. The molecular formula is C11H17N3O2. The van der Waals surface area contributed by atoms with E-state index < -0.39 is 0 Å². The van der Waals surface area contributed by atoms with Crippen LogP contribution in [0.5, 0.6) is 0 Å². The molecule has 0 saturated carbocycles. The summed E-state index contributed by atoms with van der Waals surface area (Å²) in [7, 11) is 0. The van der Waals surface area contributed by atoms with Crippen LogP contribution >= 0.6 is 0 Å². The molecule has 2 N–H and O–H groups in total. The predicted octanol–water partition coefficient (Wildman–Crippen LogP) is 0.634. The summed E-state index contributed by atoms with van der Waals surface area (Å²) in [5.41, 5.74) is 1.13. The molecule has 0 aliphatic carbocycles. The van der Waals surface area contributed by atoms with E-state index in [1.54, 1.807) is 4.90 Å². The molecule has 0 atom stereocenters. The van der Waals surface area contributed by atoms with Gasteiger partial charge >= 0.3 is 0 Å². The second-order valence-corrected chi connectivity index (χ2v) is 5.26. The molecule has 2 rings (SSSR count). The zero-order valence-corrected chi connectivity index (χ0v) is 9.89. The smallest absolute Gasteiger partial charge is 0.269 e. The average Bonchev–Trinajstić information content (AvgIpc) is 2.58. The summed E-state index contributed by atoms with van der Waals surface area (Å²) in [5.74, 6) is 0.0961. The van der Waals surface area contributed by atoms with Crippen molar-refractivity contribution in [1.82, 2.24) is 15.1 Å². The Hall–Kier alpha value is -1.52. The molecule has 1 aromatic rings. The van der Waals surface area contributed by atoms with E-state index in [9.17, 15) is 9.59 Å². The molecule has 0 aromatic carbocycles. The van der Waals surface area contributed by atoms with Gasteiger partial charge in [0.15, 0.2) is 0 Å². The van der Waals surface area contributed by atoms with Gasteiger partial charge in [-0.1, -0.05) is 20.8 Å². The Morgan fingerprint density at radius 3 is 2.62 bits per heavy atom. The maximum Gasteiger partial charge on any atom is 0.269 e. The molecule has 16 heavy (non-hydrogen) atoms. The lowest BCUT2D eigenvalue weighted by atomic mass is 9.93. The van der Waals surface area contributed by atoms with Gasteiger partial charge < -0.3 is 10.00 Å². The van der Waals surface area contributed by atoms with Crippen molar-refractivity contribution >= 4 is 5.91 Å². The van der Waals surface area contributed by atoms with Crippen molar-refractivity contribution in [1.29, 1.82) is 0 Å². The summed E-state index contributed by atoms with van der Waals surface area (Å²) < 4.78 is 0. The van der Waals surface area contributed by atoms with Crippen molar-refractivity contribution in [2.24, 2.45) is 5.41 Å². The lowest BCUT2D eigenvalue weighted by Gasteiger charge is -2.31. The Kier molecular flexibility index (Phi) is 2.40. The number of aromatic nitrogens is 2. The van der Waals surface area contributed by atoms with Gasteiger partial charge in [0.25, 0.3) is 5.56 Å². The lowest BCUT2D eigenvalue weighted by molar-refractivity contribution is -0.140. The number of amides is 1. The first-order valence-corrected chi connectivity index (χ1v) is 5.47. The molecular weight excluding hydrogens is 206 g/mol. The van der Waals surface area contributed by atoms with E-state index in [4.69, 9.17) is 0 Å². The second kappa shape index (κ2) is 3.50. The van der Waals surface area contributed by atoms with Gasteiger partial charge in [-0.2, -0.15) is 0 Å². The Bertz CT molecular complexity index is 464. The first-order chi connectivity index (χ1) is 7.39. The normalized spacial score (nSPS) is 16.1.